The number of hydrogen-bond acceptors (Lipinski definition) is 5. The third-order valence-corrected chi connectivity index (χ3v) is 4.11. The molecule has 0 saturated heterocycles. The molecule has 0 aliphatic heterocycles. The highest BCUT2D eigenvalue weighted by Gasteiger charge is 2.29. The van der Waals surface area contributed by atoms with Gasteiger partial charge >= 0.3 is 0 Å². The molecule has 0 unspecified atom stereocenters. The lowest BCUT2D eigenvalue weighted by atomic mass is 9.85. The van der Waals surface area contributed by atoms with Crippen LogP contribution in [0.5, 0.6) is 0 Å². The van der Waals surface area contributed by atoms with Gasteiger partial charge in [-0.05, 0) is 12.8 Å². The molecule has 8 heteroatoms. The Morgan fingerprint density at radius 3 is 2.65 bits per heavy atom. The second-order valence-electron chi connectivity index (χ2n) is 4.05. The van der Waals surface area contributed by atoms with Crippen LogP contribution in [0.4, 0.5) is 0 Å². The third-order valence-electron chi connectivity index (χ3n) is 2.95. The molecule has 1 saturated carbocycles. The van der Waals surface area contributed by atoms with Crippen LogP contribution in [0, 0.1) is 0 Å². The van der Waals surface area contributed by atoms with Gasteiger partial charge < -0.3 is 4.74 Å². The predicted molar refractivity (Wildman–Crippen MR) is 61.5 cm³/mol. The van der Waals surface area contributed by atoms with Gasteiger partial charge in [0.05, 0.1) is 6.61 Å². The fourth-order valence-corrected chi connectivity index (χ4v) is 2.77. The van der Waals surface area contributed by atoms with Crippen molar-refractivity contribution in [2.75, 3.05) is 13.7 Å². The largest absolute Gasteiger partial charge is 0.383 e. The maximum atomic E-state index is 11.4. The molecule has 96 valence electrons. The molecule has 1 aromatic heterocycles. The van der Waals surface area contributed by atoms with Gasteiger partial charge in [0.25, 0.3) is 14.2 Å². The van der Waals surface area contributed by atoms with Crippen LogP contribution in [0.2, 0.25) is 0 Å². The molecule has 1 heterocycles. The van der Waals surface area contributed by atoms with E-state index in [4.69, 9.17) is 15.4 Å². The maximum absolute atomic E-state index is 11.4. The van der Waals surface area contributed by atoms with Crippen molar-refractivity contribution in [3.05, 3.63) is 5.82 Å². The van der Waals surface area contributed by atoms with E-state index in [0.29, 0.717) is 24.9 Å². The molecule has 1 fully saturated rings. The second-order valence-corrected chi connectivity index (χ2v) is 6.51. The molecule has 0 amide bonds. The number of aromatic nitrogens is 3. The molecule has 0 radical (unpaired) electrons. The van der Waals surface area contributed by atoms with Crippen LogP contribution in [-0.2, 0) is 20.3 Å². The van der Waals surface area contributed by atoms with E-state index in [9.17, 15) is 8.42 Å². The van der Waals surface area contributed by atoms with Crippen LogP contribution >= 0.6 is 10.7 Å². The third kappa shape index (κ3) is 2.61. The molecule has 2 rings (SSSR count). The van der Waals surface area contributed by atoms with Gasteiger partial charge in [-0.15, -0.1) is 10.2 Å². The van der Waals surface area contributed by atoms with Crippen molar-refractivity contribution in [3.63, 3.8) is 0 Å². The number of methoxy groups -OCH3 is 1. The first-order valence-electron chi connectivity index (χ1n) is 5.40. The summed E-state index contributed by atoms with van der Waals surface area (Å²) in [4.78, 5) is 0. The lowest BCUT2D eigenvalue weighted by Crippen LogP contribution is -2.19. The van der Waals surface area contributed by atoms with E-state index in [1.54, 1.807) is 11.7 Å². The van der Waals surface area contributed by atoms with E-state index in [1.807, 2.05) is 0 Å². The van der Waals surface area contributed by atoms with Crippen LogP contribution in [0.3, 0.4) is 0 Å². The first-order valence-corrected chi connectivity index (χ1v) is 7.71. The zero-order valence-corrected chi connectivity index (χ0v) is 11.0. The summed E-state index contributed by atoms with van der Waals surface area (Å²) >= 11 is 0. The lowest BCUT2D eigenvalue weighted by Gasteiger charge is -2.24. The minimum absolute atomic E-state index is 0.182. The van der Waals surface area contributed by atoms with Crippen molar-refractivity contribution in [1.29, 1.82) is 0 Å². The van der Waals surface area contributed by atoms with Gasteiger partial charge in [-0.1, -0.05) is 6.42 Å². The number of rotatable bonds is 5. The minimum atomic E-state index is -3.85. The predicted octanol–water partition coefficient (Wildman–Crippen LogP) is 1.12. The molecule has 0 aromatic carbocycles. The summed E-state index contributed by atoms with van der Waals surface area (Å²) in [5.41, 5.74) is 0. The highest BCUT2D eigenvalue weighted by molar-refractivity contribution is 8.13. The van der Waals surface area contributed by atoms with E-state index < -0.39 is 9.05 Å². The summed E-state index contributed by atoms with van der Waals surface area (Å²) in [5, 5.41) is 7.45. The average molecular weight is 280 g/mol. The van der Waals surface area contributed by atoms with Crippen molar-refractivity contribution >= 4 is 19.7 Å². The van der Waals surface area contributed by atoms with Crippen molar-refractivity contribution < 1.29 is 13.2 Å². The topological polar surface area (TPSA) is 74.1 Å². The Morgan fingerprint density at radius 1 is 1.47 bits per heavy atom. The molecule has 1 aromatic rings. The van der Waals surface area contributed by atoms with Crippen LogP contribution in [-0.4, -0.2) is 36.9 Å². The molecular weight excluding hydrogens is 266 g/mol. The lowest BCUT2D eigenvalue weighted by molar-refractivity contribution is 0.182. The Bertz CT molecular complexity index is 496. The van der Waals surface area contributed by atoms with Gasteiger partial charge in [0.1, 0.15) is 5.82 Å². The number of ether oxygens (including phenoxy) is 1. The molecule has 0 spiro atoms. The summed E-state index contributed by atoms with van der Waals surface area (Å²) in [6.45, 7) is 0.799. The molecule has 6 nitrogen and oxygen atoms in total. The van der Waals surface area contributed by atoms with Crippen LogP contribution < -0.4 is 0 Å². The van der Waals surface area contributed by atoms with E-state index in [0.717, 1.165) is 19.3 Å². The zero-order chi connectivity index (χ0) is 12.5. The molecular formula is C9H14ClN3O3S. The second kappa shape index (κ2) is 4.91. The highest BCUT2D eigenvalue weighted by atomic mass is 35.7. The fraction of sp³-hybridized carbons (Fsp3) is 0.778. The molecule has 0 N–H and O–H groups in total. The SMILES string of the molecule is COCCn1c(C2CCC2)nnc1S(=O)(=O)Cl. The fourth-order valence-electron chi connectivity index (χ4n) is 1.84. The van der Waals surface area contributed by atoms with Crippen molar-refractivity contribution in [1.82, 2.24) is 14.8 Å². The van der Waals surface area contributed by atoms with Gasteiger partial charge in [0, 0.05) is 30.3 Å². The molecule has 1 aliphatic rings. The van der Waals surface area contributed by atoms with Crippen molar-refractivity contribution in [3.8, 4) is 0 Å². The van der Waals surface area contributed by atoms with Gasteiger partial charge in [-0.25, -0.2) is 8.42 Å². The first kappa shape index (κ1) is 12.8. The van der Waals surface area contributed by atoms with E-state index in [2.05, 4.69) is 10.2 Å². The smallest absolute Gasteiger partial charge is 0.296 e. The van der Waals surface area contributed by atoms with Crippen LogP contribution in [0.25, 0.3) is 0 Å². The summed E-state index contributed by atoms with van der Waals surface area (Å²) in [7, 11) is 3.03. The Labute approximate surface area is 104 Å². The Hall–Kier alpha value is -0.660. The monoisotopic (exact) mass is 279 g/mol. The Morgan fingerprint density at radius 2 is 2.18 bits per heavy atom. The van der Waals surface area contributed by atoms with E-state index in [-0.39, 0.29) is 5.16 Å². The number of halogens is 1. The molecule has 1 aliphatic carbocycles. The summed E-state index contributed by atoms with van der Waals surface area (Å²) in [5.74, 6) is 0.999. The minimum Gasteiger partial charge on any atom is -0.383 e. The van der Waals surface area contributed by atoms with Gasteiger partial charge in [-0.2, -0.15) is 0 Å². The standard InChI is InChI=1S/C9H14ClN3O3S/c1-16-6-5-13-8(7-3-2-4-7)11-12-9(13)17(10,14)15/h7H,2-6H2,1H3. The quantitative estimate of drug-likeness (QED) is 0.755. The number of hydrogen-bond donors (Lipinski definition) is 0. The molecule has 0 atom stereocenters. The first-order chi connectivity index (χ1) is 8.04. The van der Waals surface area contributed by atoms with Crippen molar-refractivity contribution in [2.24, 2.45) is 0 Å². The van der Waals surface area contributed by atoms with Gasteiger partial charge in [0.15, 0.2) is 0 Å². The molecule has 17 heavy (non-hydrogen) atoms. The van der Waals surface area contributed by atoms with Gasteiger partial charge in [0.2, 0.25) is 0 Å². The van der Waals surface area contributed by atoms with Gasteiger partial charge in [-0.3, -0.25) is 4.57 Å². The summed E-state index contributed by atoms with van der Waals surface area (Å²) in [6, 6.07) is 0. The van der Waals surface area contributed by atoms with Crippen LogP contribution in [0.15, 0.2) is 5.16 Å². The zero-order valence-electron chi connectivity index (χ0n) is 9.47. The van der Waals surface area contributed by atoms with Crippen molar-refractivity contribution in [2.45, 2.75) is 36.9 Å². The average Bonchev–Trinajstić information content (AvgIpc) is 2.55. The summed E-state index contributed by atoms with van der Waals surface area (Å²) in [6.07, 6.45) is 3.19. The van der Waals surface area contributed by atoms with E-state index in [1.165, 1.54) is 0 Å². The Balaban J connectivity index is 2.35. The Kier molecular flexibility index (Phi) is 3.70. The van der Waals surface area contributed by atoms with E-state index >= 15 is 0 Å². The highest BCUT2D eigenvalue weighted by Crippen LogP contribution is 2.36. The number of nitrogens with zero attached hydrogens (tertiary/aromatic N) is 3. The summed E-state index contributed by atoms with van der Waals surface area (Å²) < 4.78 is 29.2. The maximum Gasteiger partial charge on any atom is 0.296 e. The van der Waals surface area contributed by atoms with Crippen LogP contribution in [0.1, 0.15) is 31.0 Å². The normalized spacial score (nSPS) is 17.1. The molecule has 0 bridgehead atoms.